The molecule has 1 aliphatic carbocycles. The lowest BCUT2D eigenvalue weighted by atomic mass is 9.87. The second-order valence-corrected chi connectivity index (χ2v) is 9.61. The van der Waals surface area contributed by atoms with E-state index in [1.807, 2.05) is 30.5 Å². The van der Waals surface area contributed by atoms with Crippen molar-refractivity contribution in [3.63, 3.8) is 0 Å². The minimum atomic E-state index is -0.0927. The molecule has 0 fully saturated rings. The van der Waals surface area contributed by atoms with E-state index in [2.05, 4.69) is 39.3 Å². The lowest BCUT2D eigenvalue weighted by Gasteiger charge is -2.19. The summed E-state index contributed by atoms with van der Waals surface area (Å²) >= 11 is 11.1. The Morgan fingerprint density at radius 1 is 1.39 bits per heavy atom. The van der Waals surface area contributed by atoms with E-state index >= 15 is 0 Å². The van der Waals surface area contributed by atoms with Crippen LogP contribution in [0.4, 0.5) is 5.82 Å². The van der Waals surface area contributed by atoms with Crippen LogP contribution in [0, 0.1) is 5.92 Å². The van der Waals surface area contributed by atoms with Crippen LogP contribution in [0.25, 0.3) is 0 Å². The number of amides is 1. The molecule has 3 aromatic rings. The Labute approximate surface area is 182 Å². The van der Waals surface area contributed by atoms with Crippen molar-refractivity contribution in [2.75, 3.05) is 5.32 Å². The fourth-order valence-corrected chi connectivity index (χ4v) is 5.21. The number of rotatable bonds is 5. The van der Waals surface area contributed by atoms with E-state index in [-0.39, 0.29) is 5.91 Å². The molecule has 1 amide bonds. The van der Waals surface area contributed by atoms with Crippen LogP contribution in [0.1, 0.15) is 45.4 Å². The van der Waals surface area contributed by atoms with Crippen LogP contribution in [-0.4, -0.2) is 15.7 Å². The van der Waals surface area contributed by atoms with Crippen molar-refractivity contribution in [1.82, 2.24) is 9.78 Å². The van der Waals surface area contributed by atoms with Gasteiger partial charge in [-0.05, 0) is 70.4 Å². The largest absolute Gasteiger partial charge is 0.303 e. The third kappa shape index (κ3) is 4.34. The Kier molecular flexibility index (Phi) is 5.90. The first-order valence-electron chi connectivity index (χ1n) is 9.42. The van der Waals surface area contributed by atoms with Crippen LogP contribution in [0.5, 0.6) is 0 Å². The molecule has 2 heterocycles. The molecule has 0 radical (unpaired) electrons. The number of benzene rings is 1. The molecule has 0 spiro atoms. The van der Waals surface area contributed by atoms with Crippen molar-refractivity contribution in [1.29, 1.82) is 0 Å². The highest BCUT2D eigenvalue weighted by Crippen LogP contribution is 2.34. The third-order valence-electron chi connectivity index (χ3n) is 5.19. The third-order valence-corrected chi connectivity index (χ3v) is 7.26. The van der Waals surface area contributed by atoms with E-state index in [4.69, 9.17) is 11.6 Å². The monoisotopic (exact) mass is 477 g/mol. The SMILES string of the molecule is CC[C@H]1CCc2sc(C(=O)Nc3nn(Cc4ccc(Cl)cc4)cc3Br)cc2C1. The Balaban J connectivity index is 1.46. The van der Waals surface area contributed by atoms with E-state index in [0.717, 1.165) is 33.7 Å². The van der Waals surface area contributed by atoms with Gasteiger partial charge in [0.1, 0.15) is 0 Å². The molecule has 1 N–H and O–H groups in total. The minimum absolute atomic E-state index is 0.0927. The zero-order valence-electron chi connectivity index (χ0n) is 15.5. The minimum Gasteiger partial charge on any atom is -0.303 e. The molecule has 4 rings (SSSR count). The Bertz CT molecular complexity index is 996. The summed E-state index contributed by atoms with van der Waals surface area (Å²) in [5.41, 5.74) is 2.44. The van der Waals surface area contributed by atoms with Crippen LogP contribution in [0.3, 0.4) is 0 Å². The number of thiophene rings is 1. The molecule has 0 aliphatic heterocycles. The summed E-state index contributed by atoms with van der Waals surface area (Å²) in [6.45, 7) is 2.85. The molecule has 0 saturated heterocycles. The Hall–Kier alpha value is -1.63. The predicted octanol–water partition coefficient (Wildman–Crippen LogP) is 6.18. The molecule has 0 saturated carbocycles. The molecular weight excluding hydrogens is 458 g/mol. The van der Waals surface area contributed by atoms with Gasteiger partial charge in [0.2, 0.25) is 0 Å². The van der Waals surface area contributed by atoms with Gasteiger partial charge in [-0.2, -0.15) is 5.10 Å². The maximum absolute atomic E-state index is 12.8. The van der Waals surface area contributed by atoms with E-state index in [9.17, 15) is 4.79 Å². The molecule has 1 aliphatic rings. The number of carbonyl (C=O) groups excluding carboxylic acids is 1. The first-order valence-corrected chi connectivity index (χ1v) is 11.4. The van der Waals surface area contributed by atoms with Crippen LogP contribution < -0.4 is 5.32 Å². The number of halogens is 2. The number of hydrogen-bond acceptors (Lipinski definition) is 3. The molecular formula is C21H21BrClN3OS. The van der Waals surface area contributed by atoms with Crippen LogP contribution in [0.15, 0.2) is 41.0 Å². The average molecular weight is 479 g/mol. The molecule has 0 unspecified atom stereocenters. The van der Waals surface area contributed by atoms with Gasteiger partial charge in [-0.15, -0.1) is 11.3 Å². The highest BCUT2D eigenvalue weighted by molar-refractivity contribution is 9.10. The van der Waals surface area contributed by atoms with E-state index in [0.29, 0.717) is 17.4 Å². The van der Waals surface area contributed by atoms with Crippen molar-refractivity contribution >= 4 is 50.6 Å². The summed E-state index contributed by atoms with van der Waals surface area (Å²) < 4.78 is 2.57. The summed E-state index contributed by atoms with van der Waals surface area (Å²) in [7, 11) is 0. The normalized spacial score (nSPS) is 16.0. The van der Waals surface area contributed by atoms with Gasteiger partial charge in [0.15, 0.2) is 5.82 Å². The van der Waals surface area contributed by atoms with Gasteiger partial charge in [-0.3, -0.25) is 9.48 Å². The van der Waals surface area contributed by atoms with Crippen LogP contribution in [0.2, 0.25) is 5.02 Å². The standard InChI is InChI=1S/C21H21BrClN3OS/c1-2-13-5-8-18-15(9-13)10-19(28-18)21(27)24-20-17(22)12-26(25-20)11-14-3-6-16(23)7-4-14/h3-4,6-7,10,12-13H,2,5,8-9,11H2,1H3,(H,24,25,27)/t13-/m0/s1. The average Bonchev–Trinajstić information content (AvgIpc) is 3.26. The second-order valence-electron chi connectivity index (χ2n) is 7.18. The number of carbonyl (C=O) groups is 1. The lowest BCUT2D eigenvalue weighted by molar-refractivity contribution is 0.103. The maximum atomic E-state index is 12.8. The van der Waals surface area contributed by atoms with Crippen LogP contribution in [-0.2, 0) is 19.4 Å². The smallest absolute Gasteiger partial charge is 0.266 e. The molecule has 1 atom stereocenters. The van der Waals surface area contributed by atoms with Crippen molar-refractivity contribution in [2.45, 2.75) is 39.2 Å². The van der Waals surface area contributed by atoms with Crippen molar-refractivity contribution < 1.29 is 4.79 Å². The zero-order chi connectivity index (χ0) is 19.7. The molecule has 28 heavy (non-hydrogen) atoms. The summed E-state index contributed by atoms with van der Waals surface area (Å²) in [5.74, 6) is 1.19. The van der Waals surface area contributed by atoms with E-state index in [1.54, 1.807) is 16.0 Å². The van der Waals surface area contributed by atoms with Gasteiger partial charge in [0, 0.05) is 16.1 Å². The number of fused-ring (bicyclic) bond motifs is 1. The highest BCUT2D eigenvalue weighted by atomic mass is 79.9. The van der Waals surface area contributed by atoms with Gasteiger partial charge in [-0.1, -0.05) is 37.1 Å². The molecule has 4 nitrogen and oxygen atoms in total. The molecule has 146 valence electrons. The van der Waals surface area contributed by atoms with Crippen molar-refractivity contribution in [3.05, 3.63) is 66.9 Å². The fourth-order valence-electron chi connectivity index (χ4n) is 3.57. The topological polar surface area (TPSA) is 46.9 Å². The van der Waals surface area contributed by atoms with Gasteiger partial charge >= 0.3 is 0 Å². The number of aromatic nitrogens is 2. The summed E-state index contributed by atoms with van der Waals surface area (Å²) in [6, 6.07) is 9.72. The highest BCUT2D eigenvalue weighted by Gasteiger charge is 2.22. The predicted molar refractivity (Wildman–Crippen MR) is 119 cm³/mol. The zero-order valence-corrected chi connectivity index (χ0v) is 18.7. The van der Waals surface area contributed by atoms with Gasteiger partial charge < -0.3 is 5.32 Å². The summed E-state index contributed by atoms with van der Waals surface area (Å²) in [6.07, 6.45) is 6.48. The van der Waals surface area contributed by atoms with E-state index < -0.39 is 0 Å². The van der Waals surface area contributed by atoms with Gasteiger partial charge in [0.25, 0.3) is 5.91 Å². The number of nitrogens with one attached hydrogen (secondary N) is 1. The van der Waals surface area contributed by atoms with Gasteiger partial charge in [0.05, 0.1) is 15.9 Å². The van der Waals surface area contributed by atoms with Crippen LogP contribution >= 0.6 is 38.9 Å². The summed E-state index contributed by atoms with van der Waals surface area (Å²) in [4.78, 5) is 14.9. The molecule has 2 aromatic heterocycles. The van der Waals surface area contributed by atoms with Gasteiger partial charge in [-0.25, -0.2) is 0 Å². The molecule has 0 bridgehead atoms. The Morgan fingerprint density at radius 3 is 2.93 bits per heavy atom. The lowest BCUT2D eigenvalue weighted by Crippen LogP contribution is -2.12. The molecule has 7 heteroatoms. The number of nitrogens with zero attached hydrogens (tertiary/aromatic N) is 2. The summed E-state index contributed by atoms with van der Waals surface area (Å²) in [5, 5.41) is 8.17. The van der Waals surface area contributed by atoms with E-state index in [1.165, 1.54) is 23.3 Å². The number of anilines is 1. The maximum Gasteiger partial charge on any atom is 0.266 e. The first kappa shape index (κ1) is 19.7. The quantitative estimate of drug-likeness (QED) is 0.476. The fraction of sp³-hybridized carbons (Fsp3) is 0.333. The van der Waals surface area contributed by atoms with Crippen molar-refractivity contribution in [2.24, 2.45) is 5.92 Å². The van der Waals surface area contributed by atoms with Crippen molar-refractivity contribution in [3.8, 4) is 0 Å². The second kappa shape index (κ2) is 8.39. The molecule has 1 aromatic carbocycles. The number of hydrogen-bond donors (Lipinski definition) is 1. The Morgan fingerprint density at radius 2 is 2.18 bits per heavy atom. The first-order chi connectivity index (χ1) is 13.5. The number of aryl methyl sites for hydroxylation is 1.